The highest BCUT2D eigenvalue weighted by Gasteiger charge is 2.30. The highest BCUT2D eigenvalue weighted by atomic mass is 16.5. The van der Waals surface area contributed by atoms with Gasteiger partial charge < -0.3 is 35.9 Å². The first-order valence-electron chi connectivity index (χ1n) is 13.2. The molecule has 3 amide bonds. The molecule has 0 aromatic heterocycles. The van der Waals surface area contributed by atoms with Crippen LogP contribution < -0.4 is 21.7 Å². The second-order valence-electron chi connectivity index (χ2n) is 9.23. The van der Waals surface area contributed by atoms with Crippen molar-refractivity contribution in [2.75, 3.05) is 13.2 Å². The van der Waals surface area contributed by atoms with Crippen LogP contribution in [0.4, 0.5) is 0 Å². The average molecular weight is 571 g/mol. The van der Waals surface area contributed by atoms with E-state index in [9.17, 15) is 24.0 Å². The number of benzene rings is 2. The van der Waals surface area contributed by atoms with Crippen molar-refractivity contribution in [3.63, 3.8) is 0 Å². The molecule has 0 aliphatic carbocycles. The van der Waals surface area contributed by atoms with Crippen LogP contribution in [0.15, 0.2) is 60.7 Å². The maximum absolute atomic E-state index is 12.9. The number of nitrogens with two attached hydrogens (primary N) is 1. The van der Waals surface area contributed by atoms with E-state index in [0.717, 1.165) is 11.1 Å². The summed E-state index contributed by atoms with van der Waals surface area (Å²) < 4.78 is 15.6. The fraction of sp³-hybridized carbons (Fsp3) is 0.414. The van der Waals surface area contributed by atoms with Gasteiger partial charge in [0.15, 0.2) is 0 Å². The molecule has 0 unspecified atom stereocenters. The summed E-state index contributed by atoms with van der Waals surface area (Å²) in [5.74, 6) is -3.63. The van der Waals surface area contributed by atoms with Crippen LogP contribution in [0.1, 0.15) is 38.3 Å². The lowest BCUT2D eigenvalue weighted by Crippen LogP contribution is -2.57. The topological polar surface area (TPSA) is 175 Å². The van der Waals surface area contributed by atoms with Gasteiger partial charge in [-0.2, -0.15) is 0 Å². The Balaban J connectivity index is 1.95. The SMILES string of the molecule is CCOC(=O)[C@H](C)NC(=O)[C@@H](CC(=O)OCc1ccccc1)NC(=O)[C@@H](C)NC(=O)[C@H](N)COCc1ccccc1. The van der Waals surface area contributed by atoms with Gasteiger partial charge in [-0.1, -0.05) is 60.7 Å². The van der Waals surface area contributed by atoms with Gasteiger partial charge in [-0.15, -0.1) is 0 Å². The maximum atomic E-state index is 12.9. The highest BCUT2D eigenvalue weighted by Crippen LogP contribution is 2.05. The van der Waals surface area contributed by atoms with Gasteiger partial charge in [0.05, 0.1) is 26.2 Å². The predicted molar refractivity (Wildman–Crippen MR) is 149 cm³/mol. The van der Waals surface area contributed by atoms with Crippen LogP contribution in [0.2, 0.25) is 0 Å². The third kappa shape index (κ3) is 12.2. The summed E-state index contributed by atoms with van der Waals surface area (Å²) in [6.07, 6.45) is -0.520. The quantitative estimate of drug-likeness (QED) is 0.212. The minimum absolute atomic E-state index is 0.0299. The van der Waals surface area contributed by atoms with E-state index < -0.39 is 60.2 Å². The lowest BCUT2D eigenvalue weighted by Gasteiger charge is -2.23. The van der Waals surface area contributed by atoms with Crippen molar-refractivity contribution in [2.45, 2.75) is 64.6 Å². The molecule has 0 bridgehead atoms. The largest absolute Gasteiger partial charge is 0.464 e. The molecule has 2 aromatic rings. The van der Waals surface area contributed by atoms with Crippen molar-refractivity contribution in [3.05, 3.63) is 71.8 Å². The zero-order chi connectivity index (χ0) is 30.2. The molecule has 41 heavy (non-hydrogen) atoms. The van der Waals surface area contributed by atoms with E-state index in [1.165, 1.54) is 13.8 Å². The van der Waals surface area contributed by atoms with E-state index in [1.54, 1.807) is 31.2 Å². The average Bonchev–Trinajstić information content (AvgIpc) is 2.96. The minimum atomic E-state index is -1.40. The van der Waals surface area contributed by atoms with Gasteiger partial charge in [-0.3, -0.25) is 19.2 Å². The van der Waals surface area contributed by atoms with Gasteiger partial charge >= 0.3 is 11.9 Å². The first kappa shape index (κ1) is 32.9. The molecule has 0 aliphatic heterocycles. The molecule has 0 radical (unpaired) electrons. The van der Waals surface area contributed by atoms with Crippen LogP contribution in [0.5, 0.6) is 0 Å². The summed E-state index contributed by atoms with van der Waals surface area (Å²) in [5.41, 5.74) is 7.55. The lowest BCUT2D eigenvalue weighted by atomic mass is 10.1. The fourth-order valence-electron chi connectivity index (χ4n) is 3.45. The predicted octanol–water partition coefficient (Wildman–Crippen LogP) is 0.721. The van der Waals surface area contributed by atoms with Crippen LogP contribution in [-0.4, -0.2) is 67.0 Å². The molecule has 4 atom stereocenters. The highest BCUT2D eigenvalue weighted by molar-refractivity contribution is 5.95. The Labute approximate surface area is 239 Å². The third-order valence-corrected chi connectivity index (χ3v) is 5.74. The summed E-state index contributed by atoms with van der Waals surface area (Å²) in [4.78, 5) is 62.8. The Bertz CT molecular complexity index is 1150. The minimum Gasteiger partial charge on any atom is -0.464 e. The van der Waals surface area contributed by atoms with Crippen molar-refractivity contribution >= 4 is 29.7 Å². The normalized spacial score (nSPS) is 13.6. The Morgan fingerprint density at radius 3 is 1.88 bits per heavy atom. The van der Waals surface area contributed by atoms with Crippen LogP contribution in [0.25, 0.3) is 0 Å². The summed E-state index contributed by atoms with van der Waals surface area (Å²) in [5, 5.41) is 7.33. The standard InChI is InChI=1S/C29H38N4O8/c1-4-40-29(38)20(3)32-28(37)24(15-25(34)41-17-22-13-9-6-10-14-22)33-26(35)19(2)31-27(36)23(30)18-39-16-21-11-7-5-8-12-21/h5-14,19-20,23-24H,4,15-18,30H2,1-3H3,(H,31,36)(H,32,37)(H,33,35)/t19-,20+,23-,24-/m1/s1. The number of esters is 2. The Morgan fingerprint density at radius 2 is 1.29 bits per heavy atom. The molecular formula is C29H38N4O8. The first-order chi connectivity index (χ1) is 19.6. The number of carbonyl (C=O) groups excluding carboxylic acids is 5. The van der Waals surface area contributed by atoms with Gasteiger partial charge in [0.2, 0.25) is 17.7 Å². The number of carbonyl (C=O) groups is 5. The molecule has 12 heteroatoms. The zero-order valence-electron chi connectivity index (χ0n) is 23.5. The Hall–Kier alpha value is -4.29. The third-order valence-electron chi connectivity index (χ3n) is 5.74. The van der Waals surface area contributed by atoms with E-state index in [-0.39, 0.29) is 26.4 Å². The summed E-state index contributed by atoms with van der Waals surface area (Å²) >= 11 is 0. The Morgan fingerprint density at radius 1 is 0.732 bits per heavy atom. The molecular weight excluding hydrogens is 532 g/mol. The number of nitrogens with one attached hydrogen (secondary N) is 3. The summed E-state index contributed by atoms with van der Waals surface area (Å²) in [6, 6.07) is 13.7. The number of hydrogen-bond acceptors (Lipinski definition) is 9. The van der Waals surface area contributed by atoms with E-state index in [4.69, 9.17) is 19.9 Å². The van der Waals surface area contributed by atoms with Gasteiger partial charge in [0, 0.05) is 0 Å². The van der Waals surface area contributed by atoms with Crippen LogP contribution in [0.3, 0.4) is 0 Å². The molecule has 0 aliphatic rings. The zero-order valence-corrected chi connectivity index (χ0v) is 23.5. The van der Waals surface area contributed by atoms with Gasteiger partial charge in [-0.25, -0.2) is 4.79 Å². The van der Waals surface area contributed by atoms with E-state index in [1.807, 2.05) is 36.4 Å². The van der Waals surface area contributed by atoms with Crippen LogP contribution in [-0.2, 0) is 51.4 Å². The Kier molecular flexibility index (Phi) is 14.0. The molecule has 5 N–H and O–H groups in total. The molecule has 0 saturated heterocycles. The lowest BCUT2D eigenvalue weighted by molar-refractivity contribution is -0.148. The van der Waals surface area contributed by atoms with E-state index in [2.05, 4.69) is 16.0 Å². The van der Waals surface area contributed by atoms with Crippen molar-refractivity contribution in [2.24, 2.45) is 5.73 Å². The van der Waals surface area contributed by atoms with E-state index >= 15 is 0 Å². The molecule has 12 nitrogen and oxygen atoms in total. The molecule has 0 fully saturated rings. The second kappa shape index (κ2) is 17.4. The molecule has 0 saturated carbocycles. The second-order valence-corrected chi connectivity index (χ2v) is 9.23. The molecule has 0 heterocycles. The smallest absolute Gasteiger partial charge is 0.328 e. The number of amides is 3. The van der Waals surface area contributed by atoms with Gasteiger partial charge in [0.25, 0.3) is 0 Å². The molecule has 2 aromatic carbocycles. The molecule has 222 valence electrons. The molecule has 0 spiro atoms. The van der Waals surface area contributed by atoms with E-state index in [0.29, 0.717) is 0 Å². The monoisotopic (exact) mass is 570 g/mol. The van der Waals surface area contributed by atoms with Crippen molar-refractivity contribution in [3.8, 4) is 0 Å². The fourth-order valence-corrected chi connectivity index (χ4v) is 3.45. The first-order valence-corrected chi connectivity index (χ1v) is 13.2. The van der Waals surface area contributed by atoms with Gasteiger partial charge in [-0.05, 0) is 31.9 Å². The summed E-state index contributed by atoms with van der Waals surface area (Å²) in [6.45, 7) is 4.69. The number of hydrogen-bond donors (Lipinski definition) is 4. The van der Waals surface area contributed by atoms with Crippen LogP contribution >= 0.6 is 0 Å². The number of ether oxygens (including phenoxy) is 3. The maximum Gasteiger partial charge on any atom is 0.328 e. The van der Waals surface area contributed by atoms with Gasteiger partial charge in [0.1, 0.15) is 30.8 Å². The summed E-state index contributed by atoms with van der Waals surface area (Å²) in [7, 11) is 0. The number of rotatable bonds is 16. The van der Waals surface area contributed by atoms with Crippen molar-refractivity contribution < 1.29 is 38.2 Å². The molecule has 2 rings (SSSR count). The van der Waals surface area contributed by atoms with Crippen LogP contribution in [0, 0.1) is 0 Å². The van der Waals surface area contributed by atoms with Crippen molar-refractivity contribution in [1.82, 2.24) is 16.0 Å². The van der Waals surface area contributed by atoms with Crippen molar-refractivity contribution in [1.29, 1.82) is 0 Å².